The maximum atomic E-state index is 11.6. The van der Waals surface area contributed by atoms with Crippen LogP contribution in [0.1, 0.15) is 19.3 Å². The van der Waals surface area contributed by atoms with Crippen LogP contribution in [0, 0.1) is 0 Å². The van der Waals surface area contributed by atoms with Crippen molar-refractivity contribution >= 4 is 27.8 Å². The first kappa shape index (κ1) is 14.8. The molecule has 108 valence electrons. The fourth-order valence-electron chi connectivity index (χ4n) is 1.87. The number of benzene rings is 1. The van der Waals surface area contributed by atoms with Crippen molar-refractivity contribution in [3.05, 3.63) is 28.7 Å². The third kappa shape index (κ3) is 4.52. The number of rotatable bonds is 6. The highest BCUT2D eigenvalue weighted by molar-refractivity contribution is 9.10. The van der Waals surface area contributed by atoms with Gasteiger partial charge in [0, 0.05) is 17.3 Å². The van der Waals surface area contributed by atoms with Crippen LogP contribution in [0.4, 0.5) is 0 Å². The lowest BCUT2D eigenvalue weighted by molar-refractivity contribution is -0.141. The van der Waals surface area contributed by atoms with Crippen molar-refractivity contribution in [2.45, 2.75) is 25.3 Å². The van der Waals surface area contributed by atoms with Gasteiger partial charge in [0.1, 0.15) is 11.8 Å². The van der Waals surface area contributed by atoms with Crippen LogP contribution in [0.5, 0.6) is 5.75 Å². The summed E-state index contributed by atoms with van der Waals surface area (Å²) in [6.45, 7) is 0.842. The van der Waals surface area contributed by atoms with Crippen LogP contribution in [-0.4, -0.2) is 31.1 Å². The summed E-state index contributed by atoms with van der Waals surface area (Å²) < 4.78 is 11.3. The van der Waals surface area contributed by atoms with Gasteiger partial charge in [-0.1, -0.05) is 22.0 Å². The molecular formula is C14H16BrNO4. The zero-order chi connectivity index (χ0) is 14.4. The van der Waals surface area contributed by atoms with Crippen molar-refractivity contribution in [2.24, 2.45) is 0 Å². The molecule has 1 N–H and O–H groups in total. The molecule has 1 saturated heterocycles. The fraction of sp³-hybridized carbons (Fsp3) is 0.429. The number of amides is 1. The first-order valence-electron chi connectivity index (χ1n) is 6.49. The van der Waals surface area contributed by atoms with Gasteiger partial charge in [-0.15, -0.1) is 0 Å². The third-order valence-corrected chi connectivity index (χ3v) is 3.38. The van der Waals surface area contributed by atoms with Crippen molar-refractivity contribution in [2.75, 3.05) is 13.2 Å². The maximum absolute atomic E-state index is 11.6. The van der Waals surface area contributed by atoms with Gasteiger partial charge in [-0.05, 0) is 24.6 Å². The van der Waals surface area contributed by atoms with Crippen LogP contribution in [0.25, 0.3) is 0 Å². The van der Waals surface area contributed by atoms with E-state index in [-0.39, 0.29) is 11.9 Å². The summed E-state index contributed by atoms with van der Waals surface area (Å²) in [5.74, 6) is 0.273. The van der Waals surface area contributed by atoms with Crippen LogP contribution in [0.15, 0.2) is 28.7 Å². The number of ether oxygens (including phenoxy) is 2. The zero-order valence-electron chi connectivity index (χ0n) is 10.9. The number of carbonyl (C=O) groups excluding carboxylic acids is 2. The molecule has 1 aromatic rings. The van der Waals surface area contributed by atoms with E-state index >= 15 is 0 Å². The van der Waals surface area contributed by atoms with Crippen molar-refractivity contribution in [1.29, 1.82) is 0 Å². The van der Waals surface area contributed by atoms with E-state index in [1.165, 1.54) is 0 Å². The largest absolute Gasteiger partial charge is 0.494 e. The molecule has 1 aliphatic rings. The summed E-state index contributed by atoms with van der Waals surface area (Å²) in [5, 5.41) is 2.66. The van der Waals surface area contributed by atoms with E-state index in [0.717, 1.165) is 10.2 Å². The first-order valence-corrected chi connectivity index (χ1v) is 7.29. The molecule has 0 unspecified atom stereocenters. The number of nitrogens with one attached hydrogen (secondary N) is 1. The molecule has 5 nitrogen and oxygen atoms in total. The highest BCUT2D eigenvalue weighted by atomic mass is 79.9. The van der Waals surface area contributed by atoms with Crippen molar-refractivity contribution in [1.82, 2.24) is 5.32 Å². The predicted octanol–water partition coefficient (Wildman–Crippen LogP) is 2.04. The molecule has 1 fully saturated rings. The molecule has 6 heteroatoms. The number of halogens is 1. The van der Waals surface area contributed by atoms with Crippen LogP contribution in [0.3, 0.4) is 0 Å². The quantitative estimate of drug-likeness (QED) is 0.635. The molecule has 0 saturated carbocycles. The fourth-order valence-corrected chi connectivity index (χ4v) is 2.25. The Labute approximate surface area is 125 Å². The van der Waals surface area contributed by atoms with Gasteiger partial charge >= 0.3 is 5.97 Å². The Morgan fingerprint density at radius 1 is 1.50 bits per heavy atom. The highest BCUT2D eigenvalue weighted by Gasteiger charge is 2.27. The Hall–Kier alpha value is -1.56. The molecule has 1 aromatic carbocycles. The van der Waals surface area contributed by atoms with Gasteiger partial charge in [0.25, 0.3) is 0 Å². The topological polar surface area (TPSA) is 64.6 Å². The minimum absolute atomic E-state index is 0.147. The summed E-state index contributed by atoms with van der Waals surface area (Å²) in [7, 11) is 0. The van der Waals surface area contributed by atoms with E-state index in [2.05, 4.69) is 21.2 Å². The van der Waals surface area contributed by atoms with Crippen LogP contribution >= 0.6 is 15.9 Å². The minimum Gasteiger partial charge on any atom is -0.494 e. The van der Waals surface area contributed by atoms with Gasteiger partial charge in [-0.3, -0.25) is 4.79 Å². The Bertz CT molecular complexity index is 492. The Morgan fingerprint density at radius 2 is 2.35 bits per heavy atom. The second-order valence-electron chi connectivity index (χ2n) is 4.49. The summed E-state index contributed by atoms with van der Waals surface area (Å²) in [5.41, 5.74) is 0. The minimum atomic E-state index is -0.478. The van der Waals surface area contributed by atoms with E-state index in [9.17, 15) is 9.59 Å². The van der Waals surface area contributed by atoms with Crippen LogP contribution in [-0.2, 0) is 14.3 Å². The van der Waals surface area contributed by atoms with Crippen LogP contribution in [0.2, 0.25) is 0 Å². The van der Waals surface area contributed by atoms with Crippen molar-refractivity contribution in [3.8, 4) is 5.75 Å². The number of hydrogen-bond donors (Lipinski definition) is 1. The van der Waals surface area contributed by atoms with E-state index in [4.69, 9.17) is 9.47 Å². The SMILES string of the molecule is O=C(CCCOc1cccc(Br)c1)N[C@H]1CCOC1=O. The van der Waals surface area contributed by atoms with Gasteiger partial charge in [0.15, 0.2) is 0 Å². The number of esters is 1. The van der Waals surface area contributed by atoms with Crippen molar-refractivity contribution < 1.29 is 19.1 Å². The highest BCUT2D eigenvalue weighted by Crippen LogP contribution is 2.17. The summed E-state index contributed by atoms with van der Waals surface area (Å²) in [4.78, 5) is 22.8. The third-order valence-electron chi connectivity index (χ3n) is 2.88. The molecule has 1 aliphatic heterocycles. The first-order chi connectivity index (χ1) is 9.65. The summed E-state index contributed by atoms with van der Waals surface area (Å²) in [6, 6.07) is 7.06. The van der Waals surface area contributed by atoms with Crippen LogP contribution < -0.4 is 10.1 Å². The number of cyclic esters (lactones) is 1. The summed E-state index contributed by atoms with van der Waals surface area (Å²) >= 11 is 3.36. The second-order valence-corrected chi connectivity index (χ2v) is 5.40. The Kier molecular flexibility index (Phi) is 5.40. The second kappa shape index (κ2) is 7.28. The molecular weight excluding hydrogens is 326 g/mol. The van der Waals surface area contributed by atoms with Gasteiger partial charge in [0.2, 0.25) is 5.91 Å². The average molecular weight is 342 g/mol. The standard InChI is InChI=1S/C14H16BrNO4/c15-10-3-1-4-11(9-10)19-7-2-5-13(17)16-12-6-8-20-14(12)18/h1,3-4,9,12H,2,5-8H2,(H,16,17)/t12-/m0/s1. The van der Waals surface area contributed by atoms with E-state index in [1.54, 1.807) is 0 Å². The molecule has 1 atom stereocenters. The van der Waals surface area contributed by atoms with E-state index < -0.39 is 6.04 Å². The Morgan fingerprint density at radius 3 is 3.05 bits per heavy atom. The maximum Gasteiger partial charge on any atom is 0.328 e. The number of carbonyl (C=O) groups is 2. The van der Waals surface area contributed by atoms with Gasteiger partial charge in [0.05, 0.1) is 13.2 Å². The van der Waals surface area contributed by atoms with E-state index in [1.807, 2.05) is 24.3 Å². The molecule has 20 heavy (non-hydrogen) atoms. The molecule has 0 radical (unpaired) electrons. The molecule has 1 amide bonds. The summed E-state index contributed by atoms with van der Waals surface area (Å²) in [6.07, 6.45) is 1.48. The molecule has 0 aliphatic carbocycles. The lowest BCUT2D eigenvalue weighted by Crippen LogP contribution is -2.37. The smallest absolute Gasteiger partial charge is 0.328 e. The van der Waals surface area contributed by atoms with Gasteiger partial charge < -0.3 is 14.8 Å². The lowest BCUT2D eigenvalue weighted by atomic mass is 10.2. The molecule has 2 rings (SSSR count). The van der Waals surface area contributed by atoms with Gasteiger partial charge in [-0.2, -0.15) is 0 Å². The lowest BCUT2D eigenvalue weighted by Gasteiger charge is -2.09. The van der Waals surface area contributed by atoms with Crippen molar-refractivity contribution in [3.63, 3.8) is 0 Å². The van der Waals surface area contributed by atoms with Gasteiger partial charge in [-0.25, -0.2) is 4.79 Å². The normalized spacial score (nSPS) is 17.6. The monoisotopic (exact) mass is 341 g/mol. The molecule has 0 aromatic heterocycles. The average Bonchev–Trinajstić information content (AvgIpc) is 2.80. The Balaban J connectivity index is 1.63. The zero-order valence-corrected chi connectivity index (χ0v) is 12.5. The number of hydrogen-bond acceptors (Lipinski definition) is 4. The predicted molar refractivity (Wildman–Crippen MR) is 76.4 cm³/mol. The molecule has 0 spiro atoms. The van der Waals surface area contributed by atoms with E-state index in [0.29, 0.717) is 32.5 Å². The molecule has 0 bridgehead atoms. The molecule has 1 heterocycles.